The number of ether oxygens (including phenoxy) is 1. The molecule has 2 aliphatic rings. The fraction of sp³-hybridized carbons (Fsp3) is 0.379. The first-order chi connectivity index (χ1) is 18.4. The van der Waals surface area contributed by atoms with Gasteiger partial charge in [-0.1, -0.05) is 31.2 Å². The number of rotatable bonds is 8. The van der Waals surface area contributed by atoms with Gasteiger partial charge in [-0.2, -0.15) is 0 Å². The van der Waals surface area contributed by atoms with Crippen LogP contribution in [-0.2, 0) is 19.2 Å². The van der Waals surface area contributed by atoms with Crippen LogP contribution >= 0.6 is 0 Å². The number of aliphatic imine (C=N–C) groups is 1. The van der Waals surface area contributed by atoms with Crippen LogP contribution in [0.4, 0.5) is 5.69 Å². The Labute approximate surface area is 222 Å². The van der Waals surface area contributed by atoms with E-state index in [2.05, 4.69) is 4.99 Å². The maximum Gasteiger partial charge on any atom is 0.328 e. The lowest BCUT2D eigenvalue weighted by molar-refractivity contribution is -0.180. The Morgan fingerprint density at radius 2 is 1.84 bits per heavy atom. The number of hydroxylamine groups is 2. The topological polar surface area (TPSA) is 115 Å². The SMILES string of the molecule is CCCN(OCC)C(=O)C1=Cc2ccc(-c3ccc(C(=O)N4CCC[C@@H]4C(=O)OC)cc3)cc2N=C(N)C1. The standard InChI is InChI=1S/C29H34N4O5/c1-4-14-33(38-5-2)28(35)23-16-22-13-12-21(17-24(22)31-26(30)18-23)19-8-10-20(11-9-19)27(34)32-15-6-7-25(32)29(36)37-3/h8-13,16-17,25H,4-7,14-15,18H2,1-3H3,(H2,30,31)/t25-/m1/s1. The van der Waals surface area contributed by atoms with E-state index in [0.717, 1.165) is 29.5 Å². The molecule has 0 aliphatic carbocycles. The van der Waals surface area contributed by atoms with Gasteiger partial charge in [0.25, 0.3) is 11.8 Å². The van der Waals surface area contributed by atoms with Crippen molar-refractivity contribution in [1.82, 2.24) is 9.96 Å². The zero-order valence-electron chi connectivity index (χ0n) is 22.1. The van der Waals surface area contributed by atoms with Crippen LogP contribution < -0.4 is 5.73 Å². The van der Waals surface area contributed by atoms with Crippen molar-refractivity contribution in [3.05, 3.63) is 59.2 Å². The molecule has 4 rings (SSSR count). The van der Waals surface area contributed by atoms with Gasteiger partial charge in [0.2, 0.25) is 0 Å². The van der Waals surface area contributed by atoms with Crippen LogP contribution in [0.3, 0.4) is 0 Å². The number of carbonyl (C=O) groups is 3. The van der Waals surface area contributed by atoms with Gasteiger partial charge in [-0.25, -0.2) is 14.9 Å². The lowest BCUT2D eigenvalue weighted by Gasteiger charge is -2.22. The number of amidine groups is 1. The normalized spacial score (nSPS) is 16.7. The van der Waals surface area contributed by atoms with Crippen molar-refractivity contribution >= 4 is 35.4 Å². The maximum atomic E-state index is 13.1. The highest BCUT2D eigenvalue weighted by Gasteiger charge is 2.35. The molecule has 2 heterocycles. The van der Waals surface area contributed by atoms with Gasteiger partial charge in [0.05, 0.1) is 19.4 Å². The molecular formula is C29H34N4O5. The summed E-state index contributed by atoms with van der Waals surface area (Å²) in [7, 11) is 1.34. The van der Waals surface area contributed by atoms with Crippen LogP contribution in [0, 0.1) is 0 Å². The highest BCUT2D eigenvalue weighted by atomic mass is 16.7. The number of likely N-dealkylation sites (tertiary alicyclic amines) is 1. The van der Waals surface area contributed by atoms with E-state index in [1.165, 1.54) is 12.2 Å². The average molecular weight is 519 g/mol. The Bertz CT molecular complexity index is 1260. The molecule has 9 heteroatoms. The zero-order valence-corrected chi connectivity index (χ0v) is 22.1. The lowest BCUT2D eigenvalue weighted by Crippen LogP contribution is -2.41. The van der Waals surface area contributed by atoms with E-state index in [-0.39, 0.29) is 24.2 Å². The van der Waals surface area contributed by atoms with Crippen molar-refractivity contribution in [2.24, 2.45) is 10.7 Å². The first-order valence-corrected chi connectivity index (χ1v) is 13.0. The Kier molecular flexibility index (Phi) is 8.58. The Balaban J connectivity index is 1.56. The Morgan fingerprint density at radius 1 is 1.11 bits per heavy atom. The zero-order chi connectivity index (χ0) is 27.2. The number of fused-ring (bicyclic) bond motifs is 1. The third-order valence-electron chi connectivity index (χ3n) is 6.66. The van der Waals surface area contributed by atoms with E-state index >= 15 is 0 Å². The van der Waals surface area contributed by atoms with E-state index in [1.54, 1.807) is 17.0 Å². The summed E-state index contributed by atoms with van der Waals surface area (Å²) >= 11 is 0. The largest absolute Gasteiger partial charge is 0.467 e. The molecule has 1 atom stereocenters. The second-order valence-electron chi connectivity index (χ2n) is 9.31. The van der Waals surface area contributed by atoms with Crippen LogP contribution in [0.25, 0.3) is 17.2 Å². The van der Waals surface area contributed by atoms with Crippen molar-refractivity contribution in [2.45, 2.75) is 45.6 Å². The number of esters is 1. The van der Waals surface area contributed by atoms with E-state index in [9.17, 15) is 14.4 Å². The predicted octanol–water partition coefficient (Wildman–Crippen LogP) is 4.10. The summed E-state index contributed by atoms with van der Waals surface area (Å²) in [5.41, 5.74) is 10.5. The highest BCUT2D eigenvalue weighted by Crippen LogP contribution is 2.32. The number of benzene rings is 2. The third-order valence-corrected chi connectivity index (χ3v) is 6.66. The Hall–Kier alpha value is -3.98. The molecule has 2 aromatic carbocycles. The summed E-state index contributed by atoms with van der Waals surface area (Å²) in [5, 5.41) is 1.39. The van der Waals surface area contributed by atoms with Crippen molar-refractivity contribution in [2.75, 3.05) is 26.8 Å². The quantitative estimate of drug-likeness (QED) is 0.416. The molecule has 2 aromatic rings. The van der Waals surface area contributed by atoms with Gasteiger partial charge in [0.1, 0.15) is 11.9 Å². The van der Waals surface area contributed by atoms with E-state index in [1.807, 2.05) is 50.3 Å². The number of carbonyl (C=O) groups excluding carboxylic acids is 3. The molecule has 2 amide bonds. The van der Waals surface area contributed by atoms with Gasteiger partial charge in [0, 0.05) is 36.2 Å². The average Bonchev–Trinajstić information content (AvgIpc) is 3.35. The van der Waals surface area contributed by atoms with Gasteiger partial charge < -0.3 is 15.4 Å². The number of hydrogen-bond donors (Lipinski definition) is 1. The minimum absolute atomic E-state index is 0.185. The summed E-state index contributed by atoms with van der Waals surface area (Å²) in [5.74, 6) is -0.431. The van der Waals surface area contributed by atoms with Crippen molar-refractivity contribution < 1.29 is 24.0 Å². The number of nitrogens with zero attached hydrogens (tertiary/aromatic N) is 3. The molecule has 2 aliphatic heterocycles. The number of amides is 2. The number of methoxy groups -OCH3 is 1. The minimum atomic E-state index is -0.535. The van der Waals surface area contributed by atoms with Crippen LogP contribution in [0.1, 0.15) is 55.5 Å². The summed E-state index contributed by atoms with van der Waals surface area (Å²) in [4.78, 5) is 49.9. The smallest absolute Gasteiger partial charge is 0.328 e. The van der Waals surface area contributed by atoms with Gasteiger partial charge in [-0.3, -0.25) is 14.4 Å². The highest BCUT2D eigenvalue weighted by molar-refractivity contribution is 6.05. The van der Waals surface area contributed by atoms with Crippen LogP contribution in [0.5, 0.6) is 0 Å². The molecule has 0 aromatic heterocycles. The Morgan fingerprint density at radius 3 is 2.53 bits per heavy atom. The first kappa shape index (κ1) is 27.1. The van der Waals surface area contributed by atoms with Gasteiger partial charge in [0.15, 0.2) is 0 Å². The fourth-order valence-corrected chi connectivity index (χ4v) is 4.81. The van der Waals surface area contributed by atoms with Crippen molar-refractivity contribution in [1.29, 1.82) is 0 Å². The molecule has 2 N–H and O–H groups in total. The third kappa shape index (κ3) is 5.78. The second kappa shape index (κ2) is 12.0. The lowest BCUT2D eigenvalue weighted by atomic mass is 9.99. The molecule has 0 bridgehead atoms. The summed E-state index contributed by atoms with van der Waals surface area (Å²) in [6.07, 6.45) is 4.21. The molecule has 0 spiro atoms. The van der Waals surface area contributed by atoms with Crippen molar-refractivity contribution in [3.8, 4) is 11.1 Å². The summed E-state index contributed by atoms with van der Waals surface area (Å²) in [6.45, 7) is 5.26. The second-order valence-corrected chi connectivity index (χ2v) is 9.31. The molecule has 1 fully saturated rings. The van der Waals surface area contributed by atoms with E-state index in [0.29, 0.717) is 48.8 Å². The van der Waals surface area contributed by atoms with E-state index < -0.39 is 6.04 Å². The minimum Gasteiger partial charge on any atom is -0.467 e. The predicted molar refractivity (Wildman–Crippen MR) is 145 cm³/mol. The first-order valence-electron chi connectivity index (χ1n) is 13.0. The molecule has 38 heavy (non-hydrogen) atoms. The molecular weight excluding hydrogens is 484 g/mol. The van der Waals surface area contributed by atoms with Crippen LogP contribution in [0.15, 0.2) is 53.0 Å². The molecule has 200 valence electrons. The molecule has 0 radical (unpaired) electrons. The van der Waals surface area contributed by atoms with Gasteiger partial charge in [-0.15, -0.1) is 0 Å². The van der Waals surface area contributed by atoms with Crippen molar-refractivity contribution in [3.63, 3.8) is 0 Å². The van der Waals surface area contributed by atoms with Gasteiger partial charge in [-0.05, 0) is 61.6 Å². The molecule has 9 nitrogen and oxygen atoms in total. The molecule has 1 saturated heterocycles. The molecule has 0 saturated carbocycles. The number of nitrogens with two attached hydrogens (primary N) is 1. The monoisotopic (exact) mass is 518 g/mol. The number of hydrogen-bond acceptors (Lipinski definition) is 7. The maximum absolute atomic E-state index is 13.1. The van der Waals surface area contributed by atoms with Crippen LogP contribution in [-0.4, -0.2) is 66.4 Å². The van der Waals surface area contributed by atoms with Gasteiger partial charge >= 0.3 is 5.97 Å². The van der Waals surface area contributed by atoms with E-state index in [4.69, 9.17) is 15.3 Å². The summed E-state index contributed by atoms with van der Waals surface area (Å²) < 4.78 is 4.86. The fourth-order valence-electron chi connectivity index (χ4n) is 4.81. The summed E-state index contributed by atoms with van der Waals surface area (Å²) in [6, 6.07) is 12.5. The molecule has 0 unspecified atom stereocenters. The van der Waals surface area contributed by atoms with Crippen LogP contribution in [0.2, 0.25) is 0 Å².